The van der Waals surface area contributed by atoms with E-state index in [4.69, 9.17) is 4.74 Å². The van der Waals surface area contributed by atoms with Crippen LogP contribution in [0.2, 0.25) is 0 Å². The molecular formula is C28H40N4O4S. The third-order valence-corrected chi connectivity index (χ3v) is 9.69. The number of benzene rings is 1. The summed E-state index contributed by atoms with van der Waals surface area (Å²) in [4.78, 5) is 21.6. The predicted octanol–water partition coefficient (Wildman–Crippen LogP) is 3.52. The number of aryl methyl sites for hydroxylation is 2. The Hall–Kier alpha value is -2.49. The average molecular weight is 529 g/mol. The van der Waals surface area contributed by atoms with Crippen molar-refractivity contribution in [3.63, 3.8) is 0 Å². The molecule has 0 aliphatic carbocycles. The second-order valence-corrected chi connectivity index (χ2v) is 12.1. The SMILES string of the molecule is Cc1cc(C)c(C)c(S(=O)(=O)NCCC(=O)N2CCC(N3CCC(Oc4ccncc4)CC3)CC2)c1C. The first kappa shape index (κ1) is 27.5. The molecule has 9 heteroatoms. The van der Waals surface area contributed by atoms with E-state index in [1.165, 1.54) is 0 Å². The maximum Gasteiger partial charge on any atom is 0.241 e. The third kappa shape index (κ3) is 6.69. The van der Waals surface area contributed by atoms with E-state index in [0.717, 1.165) is 79.9 Å². The highest BCUT2D eigenvalue weighted by Gasteiger charge is 2.30. The maximum absolute atomic E-state index is 13.0. The fraction of sp³-hybridized carbons (Fsp3) is 0.571. The van der Waals surface area contributed by atoms with E-state index in [1.807, 2.05) is 50.8 Å². The molecule has 3 heterocycles. The zero-order valence-corrected chi connectivity index (χ0v) is 23.3. The number of nitrogens with one attached hydrogen (secondary N) is 1. The Morgan fingerprint density at radius 1 is 0.973 bits per heavy atom. The summed E-state index contributed by atoms with van der Waals surface area (Å²) in [6, 6.07) is 6.29. The highest BCUT2D eigenvalue weighted by Crippen LogP contribution is 2.26. The monoisotopic (exact) mass is 528 g/mol. The molecule has 0 bridgehead atoms. The molecule has 37 heavy (non-hydrogen) atoms. The number of pyridine rings is 1. The van der Waals surface area contributed by atoms with Gasteiger partial charge >= 0.3 is 0 Å². The number of rotatable bonds is 8. The van der Waals surface area contributed by atoms with Crippen LogP contribution >= 0.6 is 0 Å². The van der Waals surface area contributed by atoms with E-state index < -0.39 is 10.0 Å². The van der Waals surface area contributed by atoms with Gasteiger partial charge in [0, 0.05) is 57.6 Å². The van der Waals surface area contributed by atoms with Crippen molar-refractivity contribution in [3.8, 4) is 5.75 Å². The molecule has 8 nitrogen and oxygen atoms in total. The Morgan fingerprint density at radius 3 is 2.16 bits per heavy atom. The lowest BCUT2D eigenvalue weighted by Gasteiger charge is -2.41. The fourth-order valence-corrected chi connectivity index (χ4v) is 7.20. The Bertz CT molecular complexity index is 1160. The molecule has 0 saturated carbocycles. The van der Waals surface area contributed by atoms with Crippen molar-refractivity contribution in [1.29, 1.82) is 0 Å². The van der Waals surface area contributed by atoms with Crippen LogP contribution in [0.3, 0.4) is 0 Å². The Balaban J connectivity index is 1.20. The van der Waals surface area contributed by atoms with Crippen LogP contribution in [0.15, 0.2) is 35.5 Å². The molecule has 1 amide bonds. The van der Waals surface area contributed by atoms with Crippen molar-refractivity contribution < 1.29 is 17.9 Å². The summed E-state index contributed by atoms with van der Waals surface area (Å²) in [6.45, 7) is 11.1. The summed E-state index contributed by atoms with van der Waals surface area (Å²) in [5.74, 6) is 0.890. The maximum atomic E-state index is 13.0. The quantitative estimate of drug-likeness (QED) is 0.564. The van der Waals surface area contributed by atoms with E-state index in [1.54, 1.807) is 12.4 Å². The van der Waals surface area contributed by atoms with Crippen molar-refractivity contribution in [3.05, 3.63) is 52.8 Å². The van der Waals surface area contributed by atoms with Crippen LogP contribution in [-0.4, -0.2) is 74.0 Å². The van der Waals surface area contributed by atoms with Crippen LogP contribution in [-0.2, 0) is 14.8 Å². The number of nitrogens with zero attached hydrogens (tertiary/aromatic N) is 3. The van der Waals surface area contributed by atoms with Crippen LogP contribution in [0.4, 0.5) is 0 Å². The zero-order chi connectivity index (χ0) is 26.6. The molecule has 4 rings (SSSR count). The minimum atomic E-state index is -3.68. The molecule has 2 aliphatic heterocycles. The summed E-state index contributed by atoms with van der Waals surface area (Å²) in [6.07, 6.45) is 7.82. The number of carbonyl (C=O) groups is 1. The van der Waals surface area contributed by atoms with Gasteiger partial charge in [-0.25, -0.2) is 13.1 Å². The van der Waals surface area contributed by atoms with Gasteiger partial charge in [0.15, 0.2) is 0 Å². The highest BCUT2D eigenvalue weighted by atomic mass is 32.2. The highest BCUT2D eigenvalue weighted by molar-refractivity contribution is 7.89. The third-order valence-electron chi connectivity index (χ3n) is 7.96. The van der Waals surface area contributed by atoms with E-state index in [-0.39, 0.29) is 25.0 Å². The lowest BCUT2D eigenvalue weighted by Crippen LogP contribution is -2.50. The average Bonchev–Trinajstić information content (AvgIpc) is 2.88. The van der Waals surface area contributed by atoms with Crippen molar-refractivity contribution in [1.82, 2.24) is 19.5 Å². The number of sulfonamides is 1. The molecule has 0 radical (unpaired) electrons. The number of hydrogen-bond donors (Lipinski definition) is 1. The molecule has 2 aromatic rings. The number of piperidine rings is 2. The number of ether oxygens (including phenoxy) is 1. The van der Waals surface area contributed by atoms with Crippen LogP contribution in [0.5, 0.6) is 5.75 Å². The smallest absolute Gasteiger partial charge is 0.241 e. The number of hydrogen-bond acceptors (Lipinski definition) is 6. The topological polar surface area (TPSA) is 91.8 Å². The summed E-state index contributed by atoms with van der Waals surface area (Å²) in [5.41, 5.74) is 3.43. The first-order valence-electron chi connectivity index (χ1n) is 13.3. The first-order chi connectivity index (χ1) is 17.7. The van der Waals surface area contributed by atoms with Crippen LogP contribution in [0.1, 0.15) is 54.4 Å². The number of aromatic nitrogens is 1. The lowest BCUT2D eigenvalue weighted by atomic mass is 9.98. The number of likely N-dealkylation sites (tertiary alicyclic amines) is 2. The summed E-state index contributed by atoms with van der Waals surface area (Å²) in [7, 11) is -3.68. The summed E-state index contributed by atoms with van der Waals surface area (Å²) >= 11 is 0. The molecule has 0 spiro atoms. The lowest BCUT2D eigenvalue weighted by molar-refractivity contribution is -0.132. The van der Waals surface area contributed by atoms with Crippen molar-refractivity contribution >= 4 is 15.9 Å². The number of amides is 1. The zero-order valence-electron chi connectivity index (χ0n) is 22.5. The van der Waals surface area contributed by atoms with E-state index in [9.17, 15) is 13.2 Å². The van der Waals surface area contributed by atoms with Crippen LogP contribution in [0.25, 0.3) is 0 Å². The molecule has 0 atom stereocenters. The van der Waals surface area contributed by atoms with Gasteiger partial charge in [-0.2, -0.15) is 0 Å². The normalized spacial score (nSPS) is 18.2. The molecule has 1 aromatic carbocycles. The minimum Gasteiger partial charge on any atom is -0.490 e. The van der Waals surface area contributed by atoms with Gasteiger partial charge in [0.2, 0.25) is 15.9 Å². The second kappa shape index (κ2) is 11.9. The molecule has 2 aliphatic rings. The fourth-order valence-electron chi connectivity index (χ4n) is 5.55. The molecule has 2 saturated heterocycles. The minimum absolute atomic E-state index is 0.0134. The van der Waals surface area contributed by atoms with Gasteiger partial charge in [0.05, 0.1) is 4.90 Å². The molecule has 1 N–H and O–H groups in total. The first-order valence-corrected chi connectivity index (χ1v) is 14.8. The predicted molar refractivity (Wildman–Crippen MR) is 144 cm³/mol. The Morgan fingerprint density at radius 2 is 1.57 bits per heavy atom. The van der Waals surface area contributed by atoms with Gasteiger partial charge in [0.1, 0.15) is 11.9 Å². The van der Waals surface area contributed by atoms with Gasteiger partial charge in [-0.05, 0) is 87.8 Å². The van der Waals surface area contributed by atoms with E-state index in [2.05, 4.69) is 14.6 Å². The largest absolute Gasteiger partial charge is 0.490 e. The summed E-state index contributed by atoms with van der Waals surface area (Å²) < 4.78 is 34.8. The number of carbonyl (C=O) groups excluding carboxylic acids is 1. The molecule has 1 aromatic heterocycles. The van der Waals surface area contributed by atoms with Crippen LogP contribution in [0, 0.1) is 27.7 Å². The Labute approximate surface area is 221 Å². The van der Waals surface area contributed by atoms with Gasteiger partial charge in [0.25, 0.3) is 0 Å². The van der Waals surface area contributed by atoms with Gasteiger partial charge in [-0.15, -0.1) is 0 Å². The molecule has 2 fully saturated rings. The molecule has 202 valence electrons. The van der Waals surface area contributed by atoms with Crippen molar-refractivity contribution in [2.75, 3.05) is 32.7 Å². The van der Waals surface area contributed by atoms with E-state index >= 15 is 0 Å². The van der Waals surface area contributed by atoms with Gasteiger partial charge in [-0.3, -0.25) is 14.7 Å². The Kier molecular flexibility index (Phi) is 8.87. The van der Waals surface area contributed by atoms with Crippen molar-refractivity contribution in [2.24, 2.45) is 0 Å². The molecule has 0 unspecified atom stereocenters. The summed E-state index contributed by atoms with van der Waals surface area (Å²) in [5, 5.41) is 0. The van der Waals surface area contributed by atoms with Crippen LogP contribution < -0.4 is 9.46 Å². The standard InChI is InChI=1S/C28H40N4O4S/c1-20-19-21(2)23(4)28(22(20)3)37(34,35)30-14-7-27(33)32-15-8-24(9-16-32)31-17-10-26(11-18-31)36-25-5-12-29-13-6-25/h5-6,12-13,19,24,26,30H,7-11,14-18H2,1-4H3. The van der Waals surface area contributed by atoms with Gasteiger partial charge in [-0.1, -0.05) is 6.07 Å². The van der Waals surface area contributed by atoms with Crippen molar-refractivity contribution in [2.45, 2.75) is 76.8 Å². The van der Waals surface area contributed by atoms with Gasteiger partial charge < -0.3 is 9.64 Å². The molecular weight excluding hydrogens is 488 g/mol. The van der Waals surface area contributed by atoms with E-state index in [0.29, 0.717) is 10.9 Å². The second-order valence-electron chi connectivity index (χ2n) is 10.4.